The van der Waals surface area contributed by atoms with E-state index in [0.717, 1.165) is 8.95 Å². The Morgan fingerprint density at radius 2 is 1.23 bits per heavy atom. The van der Waals surface area contributed by atoms with Gasteiger partial charge in [-0.15, -0.1) is 11.3 Å². The number of fused-ring (bicyclic) bond motifs is 10. The third-order valence-electron chi connectivity index (χ3n) is 5.69. The summed E-state index contributed by atoms with van der Waals surface area (Å²) in [6.45, 7) is 0. The van der Waals surface area contributed by atoms with Crippen molar-refractivity contribution in [2.45, 2.75) is 5.41 Å². The molecular weight excluding hydrogens is 468 g/mol. The van der Waals surface area contributed by atoms with Crippen LogP contribution in [-0.2, 0) is 5.41 Å². The van der Waals surface area contributed by atoms with Crippen molar-refractivity contribution in [3.8, 4) is 22.3 Å². The lowest BCUT2D eigenvalue weighted by Crippen LogP contribution is -2.24. The van der Waals surface area contributed by atoms with E-state index in [2.05, 4.69) is 104 Å². The molecule has 0 radical (unpaired) electrons. The van der Waals surface area contributed by atoms with E-state index in [1.54, 1.807) is 0 Å². The summed E-state index contributed by atoms with van der Waals surface area (Å²) >= 11 is 9.31. The van der Waals surface area contributed by atoms with Crippen LogP contribution in [-0.4, -0.2) is 0 Å². The molecule has 2 aliphatic rings. The molecule has 1 heterocycles. The fourth-order valence-corrected chi connectivity index (χ4v) is 6.66. The maximum Gasteiger partial charge on any atom is 0.0819 e. The van der Waals surface area contributed by atoms with Crippen LogP contribution in [0.1, 0.15) is 21.6 Å². The molecule has 0 saturated heterocycles. The van der Waals surface area contributed by atoms with Crippen LogP contribution in [0.5, 0.6) is 0 Å². The second-order valence-corrected chi connectivity index (χ2v) is 9.59. The van der Waals surface area contributed by atoms with Crippen molar-refractivity contribution in [2.75, 3.05) is 0 Å². The fourth-order valence-electron chi connectivity index (χ4n) is 4.78. The molecule has 3 aromatic carbocycles. The Balaban J connectivity index is 1.87. The monoisotopic (exact) mass is 478 g/mol. The highest BCUT2D eigenvalue weighted by Gasteiger charge is 2.52. The van der Waals surface area contributed by atoms with E-state index in [-0.39, 0.29) is 5.41 Å². The molecule has 0 aliphatic heterocycles. The Morgan fingerprint density at radius 1 is 0.615 bits per heavy atom. The van der Waals surface area contributed by atoms with Crippen molar-refractivity contribution in [1.82, 2.24) is 0 Å². The number of rotatable bonds is 0. The fraction of sp³-hybridized carbons (Fsp3) is 0.0435. The molecule has 2 aliphatic carbocycles. The largest absolute Gasteiger partial charge is 0.147 e. The highest BCUT2D eigenvalue weighted by Crippen LogP contribution is 2.64. The van der Waals surface area contributed by atoms with Gasteiger partial charge in [-0.25, -0.2) is 0 Å². The summed E-state index contributed by atoms with van der Waals surface area (Å²) in [6.07, 6.45) is 0. The SMILES string of the molecule is Brc1ccc2c(c1)C1(c3cc(Br)ccc3-2)c2ccccc2-c2ccsc21. The molecule has 0 amide bonds. The van der Waals surface area contributed by atoms with Gasteiger partial charge in [-0.3, -0.25) is 0 Å². The lowest BCUT2D eigenvalue weighted by Gasteiger charge is -2.29. The molecule has 3 heteroatoms. The predicted molar refractivity (Wildman–Crippen MR) is 116 cm³/mol. The van der Waals surface area contributed by atoms with Gasteiger partial charge in [-0.1, -0.05) is 68.3 Å². The van der Waals surface area contributed by atoms with E-state index in [1.165, 1.54) is 43.8 Å². The average Bonchev–Trinajstić information content (AvgIpc) is 3.29. The van der Waals surface area contributed by atoms with Gasteiger partial charge in [-0.05, 0) is 74.7 Å². The van der Waals surface area contributed by atoms with Crippen LogP contribution in [0.2, 0.25) is 0 Å². The minimum atomic E-state index is -0.210. The molecule has 1 spiro atoms. The molecule has 1 aromatic heterocycles. The van der Waals surface area contributed by atoms with Gasteiger partial charge in [0, 0.05) is 13.8 Å². The molecule has 0 fully saturated rings. The molecule has 0 nitrogen and oxygen atoms in total. The second-order valence-electron chi connectivity index (χ2n) is 6.84. The topological polar surface area (TPSA) is 0 Å². The summed E-state index contributed by atoms with van der Waals surface area (Å²) in [5.41, 5.74) is 9.38. The van der Waals surface area contributed by atoms with Gasteiger partial charge in [0.15, 0.2) is 0 Å². The number of hydrogen-bond donors (Lipinski definition) is 0. The summed E-state index contributed by atoms with van der Waals surface area (Å²) in [7, 11) is 0. The van der Waals surface area contributed by atoms with Gasteiger partial charge in [0.25, 0.3) is 0 Å². The summed E-state index contributed by atoms with van der Waals surface area (Å²) in [4.78, 5) is 1.44. The first-order valence-corrected chi connectivity index (χ1v) is 11.0. The normalized spacial score (nSPS) is 14.8. The summed E-state index contributed by atoms with van der Waals surface area (Å²) in [5.74, 6) is 0. The predicted octanol–water partition coefficient (Wildman–Crippen LogP) is 7.62. The Hall–Kier alpha value is -1.68. The summed E-state index contributed by atoms with van der Waals surface area (Å²) in [5, 5.41) is 2.23. The van der Waals surface area contributed by atoms with Gasteiger partial charge in [0.2, 0.25) is 0 Å². The molecule has 26 heavy (non-hydrogen) atoms. The zero-order valence-corrected chi connectivity index (χ0v) is 17.6. The zero-order valence-electron chi connectivity index (χ0n) is 13.6. The summed E-state index contributed by atoms with van der Waals surface area (Å²) in [6, 6.07) is 24.6. The molecule has 0 atom stereocenters. The summed E-state index contributed by atoms with van der Waals surface area (Å²) < 4.78 is 2.26. The molecule has 0 saturated carbocycles. The zero-order chi connectivity index (χ0) is 17.5. The molecule has 4 aromatic rings. The van der Waals surface area contributed by atoms with Crippen LogP contribution in [0.3, 0.4) is 0 Å². The van der Waals surface area contributed by atoms with E-state index in [9.17, 15) is 0 Å². The quantitative estimate of drug-likeness (QED) is 0.210. The van der Waals surface area contributed by atoms with Crippen LogP contribution < -0.4 is 0 Å². The highest BCUT2D eigenvalue weighted by atomic mass is 79.9. The van der Waals surface area contributed by atoms with Crippen LogP contribution in [0.15, 0.2) is 81.1 Å². The minimum absolute atomic E-state index is 0.210. The van der Waals surface area contributed by atoms with Crippen molar-refractivity contribution in [3.63, 3.8) is 0 Å². The van der Waals surface area contributed by atoms with Crippen LogP contribution in [0.25, 0.3) is 22.3 Å². The molecule has 0 unspecified atom stereocenters. The van der Waals surface area contributed by atoms with Gasteiger partial charge in [0.05, 0.1) is 5.41 Å². The van der Waals surface area contributed by atoms with Gasteiger partial charge >= 0.3 is 0 Å². The number of thiophene rings is 1. The number of hydrogen-bond acceptors (Lipinski definition) is 1. The maximum absolute atomic E-state index is 3.72. The molecule has 0 bridgehead atoms. The van der Waals surface area contributed by atoms with E-state index >= 15 is 0 Å². The van der Waals surface area contributed by atoms with E-state index in [0.29, 0.717) is 0 Å². The van der Waals surface area contributed by atoms with Gasteiger partial charge in [0.1, 0.15) is 0 Å². The minimum Gasteiger partial charge on any atom is -0.147 e. The number of halogens is 2. The molecule has 124 valence electrons. The van der Waals surface area contributed by atoms with E-state index < -0.39 is 0 Å². The Morgan fingerprint density at radius 3 is 1.92 bits per heavy atom. The van der Waals surface area contributed by atoms with Crippen molar-refractivity contribution in [3.05, 3.63) is 103 Å². The Kier molecular flexibility index (Phi) is 3.07. The first-order valence-electron chi connectivity index (χ1n) is 8.49. The molecule has 6 rings (SSSR count). The van der Waals surface area contributed by atoms with Crippen molar-refractivity contribution >= 4 is 43.2 Å². The van der Waals surface area contributed by atoms with E-state index in [4.69, 9.17) is 0 Å². The highest BCUT2D eigenvalue weighted by molar-refractivity contribution is 9.10. The van der Waals surface area contributed by atoms with Gasteiger partial charge < -0.3 is 0 Å². The van der Waals surface area contributed by atoms with Crippen LogP contribution >= 0.6 is 43.2 Å². The standard InChI is InChI=1S/C23H12Br2S/c24-13-5-7-16-17-8-6-14(25)12-21(17)23(20(16)11-13)19-4-2-1-3-15(19)18-9-10-26-22(18)23/h1-12H. The first-order chi connectivity index (χ1) is 12.7. The average molecular weight is 480 g/mol. The van der Waals surface area contributed by atoms with Crippen molar-refractivity contribution in [1.29, 1.82) is 0 Å². The molecular formula is C23H12Br2S. The third kappa shape index (κ3) is 1.70. The maximum atomic E-state index is 3.72. The lowest BCUT2D eigenvalue weighted by molar-refractivity contribution is 0.810. The smallest absolute Gasteiger partial charge is 0.0819 e. The Labute approximate surface area is 172 Å². The van der Waals surface area contributed by atoms with Crippen LogP contribution in [0.4, 0.5) is 0 Å². The lowest BCUT2D eigenvalue weighted by atomic mass is 9.74. The first kappa shape index (κ1) is 15.4. The number of benzene rings is 3. The third-order valence-corrected chi connectivity index (χ3v) is 7.71. The van der Waals surface area contributed by atoms with Crippen LogP contribution in [0, 0.1) is 0 Å². The van der Waals surface area contributed by atoms with Crippen molar-refractivity contribution in [2.24, 2.45) is 0 Å². The Bertz CT molecular complexity index is 1170. The van der Waals surface area contributed by atoms with E-state index in [1.807, 2.05) is 11.3 Å². The van der Waals surface area contributed by atoms with Crippen molar-refractivity contribution < 1.29 is 0 Å². The second kappa shape index (κ2) is 5.19. The van der Waals surface area contributed by atoms with Gasteiger partial charge in [-0.2, -0.15) is 0 Å². The molecule has 0 N–H and O–H groups in total.